The highest BCUT2D eigenvalue weighted by molar-refractivity contribution is 9.10. The van der Waals surface area contributed by atoms with Gasteiger partial charge in [0.05, 0.1) is 11.1 Å². The summed E-state index contributed by atoms with van der Waals surface area (Å²) in [6, 6.07) is 5.96. The number of fused-ring (bicyclic) bond motifs is 1. The molecule has 1 aromatic carbocycles. The molecule has 0 atom stereocenters. The third kappa shape index (κ3) is 1.51. The quantitative estimate of drug-likeness (QED) is 0.792. The maximum absolute atomic E-state index is 12.2. The largest absolute Gasteiger partial charge is 0.325 e. The topological polar surface area (TPSA) is 29.1 Å². The summed E-state index contributed by atoms with van der Waals surface area (Å²) in [6.07, 6.45) is 3.26. The van der Waals surface area contributed by atoms with Gasteiger partial charge in [0.1, 0.15) is 0 Å². The van der Waals surface area contributed by atoms with Crippen molar-refractivity contribution in [1.29, 1.82) is 0 Å². The molecule has 1 fully saturated rings. The third-order valence-electron chi connectivity index (χ3n) is 3.50. The van der Waals surface area contributed by atoms with Gasteiger partial charge in [0.2, 0.25) is 5.91 Å². The minimum absolute atomic E-state index is 0.0941. The number of rotatable bonds is 0. The van der Waals surface area contributed by atoms with Crippen molar-refractivity contribution in [3.05, 3.63) is 22.7 Å². The second kappa shape index (κ2) is 3.77. The molecule has 0 aromatic heterocycles. The molecule has 0 bridgehead atoms. The first kappa shape index (κ1) is 10.7. The normalized spacial score (nSPS) is 21.9. The fourth-order valence-corrected chi connectivity index (χ4v) is 4.29. The minimum Gasteiger partial charge on any atom is -0.325 e. The van der Waals surface area contributed by atoms with E-state index < -0.39 is 0 Å². The van der Waals surface area contributed by atoms with Crippen molar-refractivity contribution in [2.45, 2.75) is 24.2 Å². The van der Waals surface area contributed by atoms with Gasteiger partial charge in [-0.25, -0.2) is 0 Å². The summed E-state index contributed by atoms with van der Waals surface area (Å²) < 4.78 is 1.08. The van der Waals surface area contributed by atoms with Crippen molar-refractivity contribution in [2.75, 3.05) is 11.1 Å². The van der Waals surface area contributed by atoms with Gasteiger partial charge >= 0.3 is 0 Å². The molecular formula is C12H12BrNOS. The average molecular weight is 298 g/mol. The van der Waals surface area contributed by atoms with E-state index in [4.69, 9.17) is 0 Å². The number of carbonyl (C=O) groups is 1. The molecule has 1 heterocycles. The molecule has 2 aliphatic rings. The first-order valence-corrected chi connectivity index (χ1v) is 7.22. The second-order valence-corrected chi connectivity index (χ2v) is 6.33. The van der Waals surface area contributed by atoms with Gasteiger partial charge in [0.25, 0.3) is 0 Å². The van der Waals surface area contributed by atoms with Crippen molar-refractivity contribution < 1.29 is 4.79 Å². The van der Waals surface area contributed by atoms with Crippen molar-refractivity contribution in [3.8, 4) is 0 Å². The van der Waals surface area contributed by atoms with Crippen LogP contribution in [-0.4, -0.2) is 11.7 Å². The molecule has 1 spiro atoms. The zero-order valence-corrected chi connectivity index (χ0v) is 11.2. The Kier molecular flexibility index (Phi) is 2.51. The van der Waals surface area contributed by atoms with Crippen LogP contribution in [0.25, 0.3) is 0 Å². The highest BCUT2D eigenvalue weighted by Gasteiger charge is 2.45. The van der Waals surface area contributed by atoms with Gasteiger partial charge in [-0.2, -0.15) is 0 Å². The number of carbonyl (C=O) groups excluding carboxylic acids is 1. The van der Waals surface area contributed by atoms with E-state index in [1.165, 1.54) is 11.3 Å². The molecule has 1 aliphatic carbocycles. The lowest BCUT2D eigenvalue weighted by atomic mass is 9.69. The molecular weight excluding hydrogens is 286 g/mol. The van der Waals surface area contributed by atoms with Crippen molar-refractivity contribution >= 4 is 39.3 Å². The summed E-state index contributed by atoms with van der Waals surface area (Å²) in [5.74, 6) is 1.12. The molecule has 84 valence electrons. The summed E-state index contributed by atoms with van der Waals surface area (Å²) >= 11 is 5.33. The van der Waals surface area contributed by atoms with Crippen LogP contribution in [0.5, 0.6) is 0 Å². The Morgan fingerprint density at radius 2 is 2.19 bits per heavy atom. The minimum atomic E-state index is -0.0941. The number of amides is 1. The van der Waals surface area contributed by atoms with Crippen LogP contribution in [0.1, 0.15) is 19.3 Å². The van der Waals surface area contributed by atoms with E-state index in [1.807, 2.05) is 18.2 Å². The predicted molar refractivity (Wildman–Crippen MR) is 69.8 cm³/mol. The molecule has 1 aliphatic heterocycles. The van der Waals surface area contributed by atoms with Crippen LogP contribution in [0, 0.1) is 5.41 Å². The molecule has 1 amide bonds. The fourth-order valence-electron chi connectivity index (χ4n) is 2.26. The number of thioether (sulfide) groups is 1. The van der Waals surface area contributed by atoms with Gasteiger partial charge in [0, 0.05) is 15.1 Å². The molecule has 2 nitrogen and oxygen atoms in total. The fraction of sp³-hybridized carbons (Fsp3) is 0.417. The highest BCUT2D eigenvalue weighted by Crippen LogP contribution is 2.50. The second-order valence-electron chi connectivity index (χ2n) is 4.49. The molecule has 4 heteroatoms. The van der Waals surface area contributed by atoms with Crippen molar-refractivity contribution in [2.24, 2.45) is 5.41 Å². The van der Waals surface area contributed by atoms with Gasteiger partial charge in [-0.15, -0.1) is 11.8 Å². The summed E-state index contributed by atoms with van der Waals surface area (Å²) in [4.78, 5) is 13.3. The van der Waals surface area contributed by atoms with E-state index in [0.29, 0.717) is 0 Å². The zero-order chi connectivity index (χ0) is 11.2. The summed E-state index contributed by atoms with van der Waals surface area (Å²) in [7, 11) is 0. The molecule has 1 N–H and O–H groups in total. The maximum Gasteiger partial charge on any atom is 0.231 e. The lowest BCUT2D eigenvalue weighted by Gasteiger charge is -2.38. The Hall–Kier alpha value is -0.480. The molecule has 0 saturated heterocycles. The van der Waals surface area contributed by atoms with Crippen molar-refractivity contribution in [3.63, 3.8) is 0 Å². The zero-order valence-electron chi connectivity index (χ0n) is 8.75. The van der Waals surface area contributed by atoms with Gasteiger partial charge < -0.3 is 5.32 Å². The average Bonchev–Trinajstić information content (AvgIpc) is 2.34. The van der Waals surface area contributed by atoms with E-state index in [1.54, 1.807) is 11.8 Å². The van der Waals surface area contributed by atoms with Crippen LogP contribution >= 0.6 is 27.7 Å². The Morgan fingerprint density at radius 3 is 2.88 bits per heavy atom. The van der Waals surface area contributed by atoms with E-state index in [0.717, 1.165) is 28.8 Å². The van der Waals surface area contributed by atoms with Gasteiger partial charge in [-0.3, -0.25) is 4.79 Å². The van der Waals surface area contributed by atoms with Crippen molar-refractivity contribution in [1.82, 2.24) is 0 Å². The van der Waals surface area contributed by atoms with Gasteiger partial charge in [-0.05, 0) is 40.9 Å². The Bertz CT molecular complexity index is 456. The number of anilines is 1. The van der Waals surface area contributed by atoms with Crippen LogP contribution in [-0.2, 0) is 4.79 Å². The SMILES string of the molecule is O=C1Nc2cccc(Br)c2SCC12CCC2. The molecule has 16 heavy (non-hydrogen) atoms. The summed E-state index contributed by atoms with van der Waals surface area (Å²) in [5.41, 5.74) is 0.858. The Balaban J connectivity index is 2.00. The first-order chi connectivity index (χ1) is 7.71. The Labute approximate surface area is 107 Å². The predicted octanol–water partition coefficient (Wildman–Crippen LogP) is 3.66. The lowest BCUT2D eigenvalue weighted by Crippen LogP contribution is -2.43. The third-order valence-corrected chi connectivity index (χ3v) is 5.85. The number of nitrogens with one attached hydrogen (secondary N) is 1. The van der Waals surface area contributed by atoms with E-state index in [2.05, 4.69) is 21.2 Å². The summed E-state index contributed by atoms with van der Waals surface area (Å²) in [5, 5.41) is 3.07. The maximum atomic E-state index is 12.2. The monoisotopic (exact) mass is 297 g/mol. The van der Waals surface area contributed by atoms with Crippen LogP contribution in [0.2, 0.25) is 0 Å². The van der Waals surface area contributed by atoms with E-state index in [-0.39, 0.29) is 11.3 Å². The Morgan fingerprint density at radius 1 is 1.38 bits per heavy atom. The number of halogens is 1. The van der Waals surface area contributed by atoms with Crippen LogP contribution in [0.4, 0.5) is 5.69 Å². The standard InChI is InChI=1S/C12H12BrNOS/c13-8-3-1-4-9-10(8)16-7-12(5-2-6-12)11(15)14-9/h1,3-4H,2,5-7H2,(H,14,15). The molecule has 1 saturated carbocycles. The van der Waals surface area contributed by atoms with E-state index in [9.17, 15) is 4.79 Å². The molecule has 0 unspecified atom stereocenters. The number of hydrogen-bond donors (Lipinski definition) is 1. The first-order valence-electron chi connectivity index (χ1n) is 5.44. The summed E-state index contributed by atoms with van der Waals surface area (Å²) in [6.45, 7) is 0. The highest BCUT2D eigenvalue weighted by atomic mass is 79.9. The lowest BCUT2D eigenvalue weighted by molar-refractivity contribution is -0.128. The van der Waals surface area contributed by atoms with Gasteiger partial charge in [-0.1, -0.05) is 12.5 Å². The number of hydrogen-bond acceptors (Lipinski definition) is 2. The molecule has 0 radical (unpaired) electrons. The molecule has 3 rings (SSSR count). The smallest absolute Gasteiger partial charge is 0.231 e. The number of benzene rings is 1. The van der Waals surface area contributed by atoms with Crippen LogP contribution in [0.15, 0.2) is 27.6 Å². The molecule has 1 aromatic rings. The van der Waals surface area contributed by atoms with Crippen LogP contribution in [0.3, 0.4) is 0 Å². The van der Waals surface area contributed by atoms with E-state index >= 15 is 0 Å². The van der Waals surface area contributed by atoms with Crippen LogP contribution < -0.4 is 5.32 Å². The van der Waals surface area contributed by atoms with Gasteiger partial charge in [0.15, 0.2) is 0 Å².